The zero-order chi connectivity index (χ0) is 22.9. The fourth-order valence-corrected chi connectivity index (χ4v) is 5.16. The van der Waals surface area contributed by atoms with Crippen LogP contribution in [0.3, 0.4) is 0 Å². The molecule has 172 valence electrons. The molecule has 0 spiro atoms. The SMILES string of the molecule is Cc1cccc(CSCC(=O)N(Cc2ccccc2Cl)C(C)C(=O)NC2CCCCC2)c1. The first-order chi connectivity index (χ1) is 15.4. The largest absolute Gasteiger partial charge is 0.352 e. The van der Waals surface area contributed by atoms with Crippen LogP contribution in [0.4, 0.5) is 0 Å². The summed E-state index contributed by atoms with van der Waals surface area (Å²) in [6.07, 6.45) is 5.57. The minimum atomic E-state index is -0.555. The lowest BCUT2D eigenvalue weighted by molar-refractivity contribution is -0.139. The van der Waals surface area contributed by atoms with Gasteiger partial charge in [-0.25, -0.2) is 0 Å². The molecule has 32 heavy (non-hydrogen) atoms. The third-order valence-electron chi connectivity index (χ3n) is 5.99. The number of halogens is 1. The summed E-state index contributed by atoms with van der Waals surface area (Å²) in [6.45, 7) is 4.21. The highest BCUT2D eigenvalue weighted by molar-refractivity contribution is 7.99. The summed E-state index contributed by atoms with van der Waals surface area (Å²) in [5.74, 6) is 0.949. The third-order valence-corrected chi connectivity index (χ3v) is 7.35. The lowest BCUT2D eigenvalue weighted by Gasteiger charge is -2.31. The van der Waals surface area contributed by atoms with Crippen LogP contribution in [0, 0.1) is 6.92 Å². The van der Waals surface area contributed by atoms with Crippen LogP contribution in [0.25, 0.3) is 0 Å². The second-order valence-corrected chi connectivity index (χ2v) is 10.0. The molecule has 1 fully saturated rings. The summed E-state index contributed by atoms with van der Waals surface area (Å²) in [4.78, 5) is 27.9. The van der Waals surface area contributed by atoms with Crippen molar-refractivity contribution in [3.8, 4) is 0 Å². The first kappa shape index (κ1) is 24.7. The van der Waals surface area contributed by atoms with Gasteiger partial charge in [0.15, 0.2) is 0 Å². The van der Waals surface area contributed by atoms with Gasteiger partial charge in [-0.3, -0.25) is 9.59 Å². The highest BCUT2D eigenvalue weighted by Crippen LogP contribution is 2.22. The lowest BCUT2D eigenvalue weighted by atomic mass is 9.95. The van der Waals surface area contributed by atoms with Gasteiger partial charge in [0.25, 0.3) is 0 Å². The minimum Gasteiger partial charge on any atom is -0.352 e. The number of benzene rings is 2. The monoisotopic (exact) mass is 472 g/mol. The number of nitrogens with one attached hydrogen (secondary N) is 1. The summed E-state index contributed by atoms with van der Waals surface area (Å²) in [5.41, 5.74) is 3.26. The van der Waals surface area contributed by atoms with Crippen molar-refractivity contribution >= 4 is 35.2 Å². The molecule has 2 aromatic rings. The molecular weight excluding hydrogens is 440 g/mol. The van der Waals surface area contributed by atoms with E-state index in [1.165, 1.54) is 17.5 Å². The molecule has 0 aromatic heterocycles. The molecule has 4 nitrogen and oxygen atoms in total. The van der Waals surface area contributed by atoms with Gasteiger partial charge in [0, 0.05) is 23.4 Å². The zero-order valence-electron chi connectivity index (χ0n) is 19.0. The molecule has 1 aliphatic rings. The first-order valence-corrected chi connectivity index (χ1v) is 12.9. The first-order valence-electron chi connectivity index (χ1n) is 11.4. The zero-order valence-corrected chi connectivity index (χ0v) is 20.6. The van der Waals surface area contributed by atoms with Crippen LogP contribution in [0.15, 0.2) is 48.5 Å². The number of aryl methyl sites for hydroxylation is 1. The topological polar surface area (TPSA) is 49.4 Å². The van der Waals surface area contributed by atoms with Gasteiger partial charge in [-0.1, -0.05) is 78.9 Å². The van der Waals surface area contributed by atoms with E-state index in [4.69, 9.17) is 11.6 Å². The van der Waals surface area contributed by atoms with Gasteiger partial charge in [-0.2, -0.15) is 0 Å². The van der Waals surface area contributed by atoms with E-state index in [0.29, 0.717) is 17.3 Å². The normalized spacial score (nSPS) is 15.2. The smallest absolute Gasteiger partial charge is 0.242 e. The van der Waals surface area contributed by atoms with E-state index in [1.54, 1.807) is 16.7 Å². The fourth-order valence-electron chi connectivity index (χ4n) is 4.10. The Kier molecular flexibility index (Phi) is 9.49. The number of rotatable bonds is 9. The van der Waals surface area contributed by atoms with Crippen LogP contribution < -0.4 is 5.32 Å². The molecule has 0 heterocycles. The summed E-state index contributed by atoms with van der Waals surface area (Å²) in [7, 11) is 0. The predicted molar refractivity (Wildman–Crippen MR) is 134 cm³/mol. The van der Waals surface area contributed by atoms with Crippen LogP contribution in [0.5, 0.6) is 0 Å². The number of hydrogen-bond acceptors (Lipinski definition) is 3. The van der Waals surface area contributed by atoms with Gasteiger partial charge in [0.1, 0.15) is 6.04 Å². The van der Waals surface area contributed by atoms with Crippen LogP contribution in [0.1, 0.15) is 55.7 Å². The molecule has 2 aromatic carbocycles. The molecule has 0 bridgehead atoms. The molecule has 1 atom stereocenters. The van der Waals surface area contributed by atoms with Crippen molar-refractivity contribution in [1.82, 2.24) is 10.2 Å². The number of carbonyl (C=O) groups excluding carboxylic acids is 2. The maximum atomic E-state index is 13.2. The average molecular weight is 473 g/mol. The summed E-state index contributed by atoms with van der Waals surface area (Å²) < 4.78 is 0. The molecule has 1 unspecified atom stereocenters. The number of thioether (sulfide) groups is 1. The Morgan fingerprint density at radius 2 is 1.88 bits per heavy atom. The standard InChI is InChI=1S/C26H33ClN2O2S/c1-19-9-8-10-21(15-19)17-32-18-25(30)29(16-22-11-6-7-14-24(22)27)20(2)26(31)28-23-12-4-3-5-13-23/h6-11,14-15,20,23H,3-5,12-13,16-18H2,1-2H3,(H,28,31). The summed E-state index contributed by atoms with van der Waals surface area (Å²) in [6, 6.07) is 15.5. The van der Waals surface area contributed by atoms with Crippen molar-refractivity contribution in [3.05, 3.63) is 70.2 Å². The fraction of sp³-hybridized carbons (Fsp3) is 0.462. The molecule has 1 saturated carbocycles. The van der Waals surface area contributed by atoms with E-state index in [0.717, 1.165) is 37.0 Å². The second-order valence-electron chi connectivity index (χ2n) is 8.61. The van der Waals surface area contributed by atoms with Crippen LogP contribution in [0.2, 0.25) is 5.02 Å². The average Bonchev–Trinajstić information content (AvgIpc) is 2.78. The van der Waals surface area contributed by atoms with E-state index in [-0.39, 0.29) is 17.9 Å². The van der Waals surface area contributed by atoms with Gasteiger partial charge in [0.2, 0.25) is 11.8 Å². The molecule has 0 radical (unpaired) electrons. The summed E-state index contributed by atoms with van der Waals surface area (Å²) in [5, 5.41) is 3.78. The number of nitrogens with zero attached hydrogens (tertiary/aromatic N) is 1. The van der Waals surface area contributed by atoms with Gasteiger partial charge in [0.05, 0.1) is 5.75 Å². The second kappa shape index (κ2) is 12.3. The minimum absolute atomic E-state index is 0.0473. The Bertz CT molecular complexity index is 914. The lowest BCUT2D eigenvalue weighted by Crippen LogP contribution is -2.50. The van der Waals surface area contributed by atoms with Crippen LogP contribution >= 0.6 is 23.4 Å². The highest BCUT2D eigenvalue weighted by atomic mass is 35.5. The predicted octanol–water partition coefficient (Wildman–Crippen LogP) is 5.75. The van der Waals surface area contributed by atoms with Crippen molar-refractivity contribution in [3.63, 3.8) is 0 Å². The van der Waals surface area contributed by atoms with E-state index in [2.05, 4.69) is 30.4 Å². The van der Waals surface area contributed by atoms with Gasteiger partial charge >= 0.3 is 0 Å². The third kappa shape index (κ3) is 7.28. The molecule has 1 N–H and O–H groups in total. The Hall–Kier alpha value is -1.98. The van der Waals surface area contributed by atoms with Gasteiger partial charge in [-0.05, 0) is 43.9 Å². The van der Waals surface area contributed by atoms with Gasteiger partial charge in [-0.15, -0.1) is 11.8 Å². The molecule has 2 amide bonds. The van der Waals surface area contributed by atoms with Crippen molar-refractivity contribution in [2.45, 2.75) is 70.3 Å². The van der Waals surface area contributed by atoms with E-state index >= 15 is 0 Å². The van der Waals surface area contributed by atoms with E-state index in [9.17, 15) is 9.59 Å². The highest BCUT2D eigenvalue weighted by Gasteiger charge is 2.28. The molecule has 1 aliphatic carbocycles. The number of amides is 2. The Balaban J connectivity index is 1.66. The number of hydrogen-bond donors (Lipinski definition) is 1. The molecule has 3 rings (SSSR count). The van der Waals surface area contributed by atoms with Crippen molar-refractivity contribution in [1.29, 1.82) is 0 Å². The Labute approximate surface area is 201 Å². The van der Waals surface area contributed by atoms with Crippen molar-refractivity contribution in [2.24, 2.45) is 0 Å². The van der Waals surface area contributed by atoms with Gasteiger partial charge < -0.3 is 10.2 Å². The molecular formula is C26H33ClN2O2S. The van der Waals surface area contributed by atoms with E-state index < -0.39 is 6.04 Å². The van der Waals surface area contributed by atoms with Crippen molar-refractivity contribution in [2.75, 3.05) is 5.75 Å². The molecule has 0 saturated heterocycles. The molecule has 6 heteroatoms. The Morgan fingerprint density at radius 1 is 1.12 bits per heavy atom. The van der Waals surface area contributed by atoms with Crippen molar-refractivity contribution < 1.29 is 9.59 Å². The number of carbonyl (C=O) groups is 2. The van der Waals surface area contributed by atoms with Crippen LogP contribution in [-0.4, -0.2) is 34.6 Å². The Morgan fingerprint density at radius 3 is 2.59 bits per heavy atom. The summed E-state index contributed by atoms with van der Waals surface area (Å²) >= 11 is 7.94. The maximum Gasteiger partial charge on any atom is 0.242 e. The van der Waals surface area contributed by atoms with Crippen LogP contribution in [-0.2, 0) is 21.9 Å². The molecule has 0 aliphatic heterocycles. The maximum absolute atomic E-state index is 13.2. The quantitative estimate of drug-likeness (QED) is 0.505. The van der Waals surface area contributed by atoms with E-state index in [1.807, 2.05) is 37.3 Å².